The van der Waals surface area contributed by atoms with Gasteiger partial charge in [-0.3, -0.25) is 10.1 Å². The van der Waals surface area contributed by atoms with Crippen molar-refractivity contribution >= 4 is 44.8 Å². The Labute approximate surface area is 259 Å². The first kappa shape index (κ1) is 28.2. The minimum Gasteiger partial charge on any atom is -0.331 e. The van der Waals surface area contributed by atoms with Crippen LogP contribution in [0.2, 0.25) is 5.02 Å². The maximum absolute atomic E-state index is 14.4. The van der Waals surface area contributed by atoms with Crippen LogP contribution in [-0.4, -0.2) is 60.9 Å². The number of likely N-dealkylation sites (tertiary alicyclic amines) is 1. The van der Waals surface area contributed by atoms with Gasteiger partial charge in [-0.15, -0.1) is 11.3 Å². The zero-order valence-corrected chi connectivity index (χ0v) is 25.8. The van der Waals surface area contributed by atoms with Gasteiger partial charge in [-0.1, -0.05) is 42.8 Å². The molecule has 11 heteroatoms. The average molecular weight is 617 g/mol. The lowest BCUT2D eigenvalue weighted by atomic mass is 9.97. The molecule has 0 aliphatic carbocycles. The van der Waals surface area contributed by atoms with Crippen molar-refractivity contribution < 1.29 is 4.39 Å². The largest absolute Gasteiger partial charge is 0.331 e. The lowest BCUT2D eigenvalue weighted by molar-refractivity contribution is 0.328. The topological polar surface area (TPSA) is 87.7 Å². The van der Waals surface area contributed by atoms with E-state index in [1.165, 1.54) is 36.4 Å². The molecule has 3 atom stereocenters. The number of thiazole rings is 1. The van der Waals surface area contributed by atoms with E-state index in [9.17, 15) is 4.39 Å². The molecule has 2 aliphatic heterocycles. The third kappa shape index (κ3) is 5.47. The quantitative estimate of drug-likeness (QED) is 0.148. The predicted octanol–water partition coefficient (Wildman–Crippen LogP) is 6.78. The third-order valence-corrected chi connectivity index (χ3v) is 9.77. The highest BCUT2D eigenvalue weighted by atomic mass is 35.5. The Morgan fingerprint density at radius 2 is 2.07 bits per heavy atom. The fourth-order valence-corrected chi connectivity index (χ4v) is 7.25. The highest BCUT2D eigenvalue weighted by molar-refractivity contribution is 7.13. The number of amidine groups is 1. The fraction of sp³-hybridized carbons (Fsp3) is 0.375. The first-order valence-corrected chi connectivity index (χ1v) is 16.0. The van der Waals surface area contributed by atoms with Crippen LogP contribution in [0.4, 0.5) is 9.52 Å². The van der Waals surface area contributed by atoms with E-state index < -0.39 is 12.2 Å². The van der Waals surface area contributed by atoms with E-state index in [2.05, 4.69) is 58.3 Å². The molecule has 2 aliphatic rings. The van der Waals surface area contributed by atoms with Crippen LogP contribution < -0.4 is 5.32 Å². The molecule has 1 saturated heterocycles. The Morgan fingerprint density at radius 3 is 2.81 bits per heavy atom. The first-order valence-electron chi connectivity index (χ1n) is 14.8. The second kappa shape index (κ2) is 11.5. The van der Waals surface area contributed by atoms with Gasteiger partial charge in [0, 0.05) is 48.4 Å². The number of benzene rings is 2. The number of anilines is 1. The van der Waals surface area contributed by atoms with E-state index in [-0.39, 0.29) is 18.8 Å². The molecule has 7 rings (SSSR count). The Bertz CT molecular complexity index is 1780. The molecule has 0 amide bonds. The minimum atomic E-state index is -0.968. The molecule has 5 heterocycles. The Kier molecular flexibility index (Phi) is 7.53. The predicted molar refractivity (Wildman–Crippen MR) is 171 cm³/mol. The monoisotopic (exact) mass is 616 g/mol. The van der Waals surface area contributed by atoms with Gasteiger partial charge in [0.15, 0.2) is 11.2 Å². The molecule has 0 spiro atoms. The number of fused-ring (bicyclic) bond motifs is 2. The summed E-state index contributed by atoms with van der Waals surface area (Å²) in [6.07, 6.45) is 6.84. The summed E-state index contributed by atoms with van der Waals surface area (Å²) in [4.78, 5) is 11.5. The van der Waals surface area contributed by atoms with Crippen LogP contribution in [0.15, 0.2) is 54.4 Å². The normalized spacial score (nSPS) is 19.3. The van der Waals surface area contributed by atoms with Gasteiger partial charge in [0.2, 0.25) is 0 Å². The number of rotatable bonds is 8. The van der Waals surface area contributed by atoms with E-state index in [0.717, 1.165) is 52.2 Å². The van der Waals surface area contributed by atoms with Gasteiger partial charge < -0.3 is 14.8 Å². The van der Waals surface area contributed by atoms with Crippen LogP contribution >= 0.6 is 22.9 Å². The van der Waals surface area contributed by atoms with Gasteiger partial charge in [0.05, 0.1) is 29.1 Å². The summed E-state index contributed by atoms with van der Waals surface area (Å²) < 4.78 is 17.9. The van der Waals surface area contributed by atoms with Crippen molar-refractivity contribution in [3.05, 3.63) is 82.0 Å². The Balaban J connectivity index is 1.21. The van der Waals surface area contributed by atoms with Crippen molar-refractivity contribution in [1.82, 2.24) is 29.2 Å². The number of halogens is 2. The van der Waals surface area contributed by atoms with E-state index in [1.807, 2.05) is 22.2 Å². The number of hydrogen-bond acceptors (Lipinski definition) is 6. The molecule has 1 fully saturated rings. The van der Waals surface area contributed by atoms with Crippen molar-refractivity contribution in [2.75, 3.05) is 25.0 Å². The fourth-order valence-electron chi connectivity index (χ4n) is 6.46. The molecule has 0 saturated carbocycles. The van der Waals surface area contributed by atoms with E-state index in [0.29, 0.717) is 15.8 Å². The van der Waals surface area contributed by atoms with Crippen LogP contribution in [0.25, 0.3) is 22.0 Å². The van der Waals surface area contributed by atoms with E-state index in [4.69, 9.17) is 22.1 Å². The average Bonchev–Trinajstić information content (AvgIpc) is 3.82. The second-order valence-corrected chi connectivity index (χ2v) is 13.2. The van der Waals surface area contributed by atoms with Crippen LogP contribution in [0, 0.1) is 18.3 Å². The molecule has 2 unspecified atom stereocenters. The van der Waals surface area contributed by atoms with Crippen LogP contribution in [-0.2, 0) is 19.4 Å². The van der Waals surface area contributed by atoms with Gasteiger partial charge in [0.1, 0.15) is 12.0 Å². The van der Waals surface area contributed by atoms with Gasteiger partial charge >= 0.3 is 0 Å². The molecular formula is C32H34ClFN8S. The number of imidazole rings is 1. The molecule has 0 radical (unpaired) electrons. The number of alkyl halides is 1. The highest BCUT2D eigenvalue weighted by Crippen LogP contribution is 2.37. The van der Waals surface area contributed by atoms with Crippen LogP contribution in [0.3, 0.4) is 0 Å². The Hall–Kier alpha value is -3.60. The molecule has 222 valence electrons. The van der Waals surface area contributed by atoms with Crippen molar-refractivity contribution in [3.63, 3.8) is 0 Å². The second-order valence-electron chi connectivity index (χ2n) is 11.9. The van der Waals surface area contributed by atoms with Crippen LogP contribution in [0.5, 0.6) is 0 Å². The third-order valence-electron chi connectivity index (χ3n) is 8.77. The number of aryl methyl sites for hydroxylation is 1. The number of nitrogens with zero attached hydrogens (tertiary/aromatic N) is 6. The summed E-state index contributed by atoms with van der Waals surface area (Å²) in [6.45, 7) is 8.15. The first-order chi connectivity index (χ1) is 20.8. The standard InChI is InChI=1S/C32H34ClFN8S/c1-19-7-10-40(15-19)11-8-21-3-5-22(6-4-21)24-14-26(33)25-17-42(39-28(25)20(24)2)30(31(35)38-32-36-9-12-43-32)29-27-13-23(34)16-41(27)18-37-29/h3-6,9,12,14,17-19,23,30H,7-8,10-11,13,15-16H2,1-2H3,(H2,35,36,38)/t19?,23-,30?/m1/s1. The molecular weight excluding hydrogens is 583 g/mol. The molecule has 3 aromatic heterocycles. The zero-order chi connectivity index (χ0) is 29.7. The van der Waals surface area contributed by atoms with Gasteiger partial charge in [-0.2, -0.15) is 5.10 Å². The molecule has 5 aromatic rings. The maximum atomic E-state index is 14.4. The summed E-state index contributed by atoms with van der Waals surface area (Å²) in [5, 5.41) is 21.0. The zero-order valence-electron chi connectivity index (χ0n) is 24.2. The van der Waals surface area contributed by atoms with Crippen LogP contribution in [0.1, 0.15) is 41.9 Å². The number of aromatic nitrogens is 5. The highest BCUT2D eigenvalue weighted by Gasteiger charge is 2.33. The van der Waals surface area contributed by atoms with E-state index in [1.54, 1.807) is 17.2 Å². The summed E-state index contributed by atoms with van der Waals surface area (Å²) in [5.74, 6) is 0.950. The number of nitrogens with one attached hydrogen (secondary N) is 2. The molecule has 2 N–H and O–H groups in total. The summed E-state index contributed by atoms with van der Waals surface area (Å²) in [5.41, 5.74) is 6.61. The summed E-state index contributed by atoms with van der Waals surface area (Å²) in [7, 11) is 0. The lowest BCUT2D eigenvalue weighted by Crippen LogP contribution is -2.28. The summed E-state index contributed by atoms with van der Waals surface area (Å²) >= 11 is 8.30. The van der Waals surface area contributed by atoms with Gasteiger partial charge in [0.25, 0.3) is 0 Å². The van der Waals surface area contributed by atoms with Crippen molar-refractivity contribution in [2.45, 2.75) is 51.9 Å². The smallest absolute Gasteiger partial charge is 0.188 e. The van der Waals surface area contributed by atoms with Gasteiger partial charge in [-0.25, -0.2) is 14.4 Å². The lowest BCUT2D eigenvalue weighted by Gasteiger charge is -2.18. The van der Waals surface area contributed by atoms with E-state index >= 15 is 0 Å². The molecule has 8 nitrogen and oxygen atoms in total. The Morgan fingerprint density at radius 1 is 1.23 bits per heavy atom. The summed E-state index contributed by atoms with van der Waals surface area (Å²) in [6, 6.07) is 10.1. The molecule has 0 bridgehead atoms. The molecule has 43 heavy (non-hydrogen) atoms. The SMILES string of the molecule is Cc1c(-c2ccc(CCN3CCC(C)C3)cc2)cc(Cl)c2cn(C(C(=N)Nc3nccs3)c3ncn4c3C[C@@H](F)C4)nc12. The van der Waals surface area contributed by atoms with Gasteiger partial charge in [-0.05, 0) is 60.5 Å². The maximum Gasteiger partial charge on any atom is 0.188 e. The molecule has 2 aromatic carbocycles. The minimum absolute atomic E-state index is 0.152. The van der Waals surface area contributed by atoms with Crippen molar-refractivity contribution in [3.8, 4) is 11.1 Å². The number of hydrogen-bond donors (Lipinski definition) is 2. The van der Waals surface area contributed by atoms with Crippen molar-refractivity contribution in [1.29, 1.82) is 5.41 Å². The van der Waals surface area contributed by atoms with Crippen molar-refractivity contribution in [2.24, 2.45) is 5.92 Å².